The van der Waals surface area contributed by atoms with Crippen LogP contribution >= 0.6 is 11.6 Å². The standard InChI is InChI=1S/C44H53ClN8O3/c1-31-27-44(30-53(31)38-9-4-34(28-46)39(45)26-38)16-20-50(21-17-44)36-7-2-33(3-8-36)43(56)52-18-14-32(15-19-52)29-49-22-24-51(25-23-49)37-10-5-35(6-11-37)47-40-12-13-41(54)48-42(40)55/h2-11,26,31-32,40,47H,12-25,27,29-30H2,1H3,(H,48,54,55)/t31-,40+/m0/s1. The van der Waals surface area contributed by atoms with E-state index in [9.17, 15) is 19.6 Å². The number of anilines is 4. The summed E-state index contributed by atoms with van der Waals surface area (Å²) in [6.45, 7) is 12.0. The number of imide groups is 1. The first-order valence-corrected chi connectivity index (χ1v) is 20.8. The second-order valence-corrected chi connectivity index (χ2v) is 17.1. The van der Waals surface area contributed by atoms with Gasteiger partial charge in [-0.15, -0.1) is 0 Å². The van der Waals surface area contributed by atoms with Gasteiger partial charge in [0.25, 0.3) is 5.91 Å². The lowest BCUT2D eigenvalue weighted by atomic mass is 9.76. The first kappa shape index (κ1) is 38.1. The minimum absolute atomic E-state index is 0.141. The van der Waals surface area contributed by atoms with Crippen LogP contribution in [0.1, 0.15) is 67.8 Å². The number of halogens is 1. The molecule has 5 heterocycles. The van der Waals surface area contributed by atoms with E-state index in [1.807, 2.05) is 47.4 Å². The van der Waals surface area contributed by atoms with Gasteiger partial charge in [-0.1, -0.05) is 11.6 Å². The number of nitriles is 1. The zero-order chi connectivity index (χ0) is 38.8. The Hall–Kier alpha value is -4.79. The fraction of sp³-hybridized carbons (Fsp3) is 0.500. The van der Waals surface area contributed by atoms with Gasteiger partial charge >= 0.3 is 0 Å². The Morgan fingerprint density at radius 2 is 1.50 bits per heavy atom. The highest BCUT2D eigenvalue weighted by molar-refractivity contribution is 6.32. The Morgan fingerprint density at radius 3 is 2.14 bits per heavy atom. The molecule has 294 valence electrons. The SMILES string of the molecule is C[C@H]1CC2(CCN(c3ccc(C(=O)N4CCC(CN5CCN(c6ccc(N[C@@H]7CCC(=O)NC7=O)cc6)CC5)CC4)cc3)CC2)CN1c1ccc(C#N)c(Cl)c1. The number of nitrogens with one attached hydrogen (secondary N) is 2. The van der Waals surface area contributed by atoms with E-state index in [4.69, 9.17) is 11.6 Å². The lowest BCUT2D eigenvalue weighted by Crippen LogP contribution is -2.49. The average Bonchev–Trinajstić information content (AvgIpc) is 3.54. The minimum Gasteiger partial charge on any atom is -0.374 e. The number of piperazine rings is 1. The van der Waals surface area contributed by atoms with Crippen LogP contribution in [0.15, 0.2) is 66.7 Å². The van der Waals surface area contributed by atoms with Gasteiger partial charge in [-0.25, -0.2) is 0 Å². The molecule has 12 heteroatoms. The van der Waals surface area contributed by atoms with Crippen molar-refractivity contribution in [2.45, 2.75) is 64.0 Å². The Bertz CT molecular complexity index is 1940. The Morgan fingerprint density at radius 1 is 0.857 bits per heavy atom. The summed E-state index contributed by atoms with van der Waals surface area (Å²) in [5.41, 5.74) is 5.93. The van der Waals surface area contributed by atoms with Crippen LogP contribution < -0.4 is 25.3 Å². The number of carbonyl (C=O) groups is 3. The number of benzene rings is 3. The van der Waals surface area contributed by atoms with Crippen molar-refractivity contribution in [2.24, 2.45) is 11.3 Å². The molecular formula is C44H53ClN8O3. The van der Waals surface area contributed by atoms with Crippen LogP contribution in [-0.2, 0) is 9.59 Å². The topological polar surface area (TPSA) is 115 Å². The first-order valence-electron chi connectivity index (χ1n) is 20.4. The van der Waals surface area contributed by atoms with Crippen molar-refractivity contribution >= 4 is 52.1 Å². The van der Waals surface area contributed by atoms with Crippen molar-refractivity contribution in [1.29, 1.82) is 5.26 Å². The first-order chi connectivity index (χ1) is 27.1. The highest BCUT2D eigenvalue weighted by Gasteiger charge is 2.44. The van der Waals surface area contributed by atoms with Crippen LogP contribution in [0.3, 0.4) is 0 Å². The number of likely N-dealkylation sites (tertiary alicyclic amines) is 1. The molecule has 0 aliphatic carbocycles. The lowest BCUT2D eigenvalue weighted by Gasteiger charge is -2.40. The number of hydrogen-bond acceptors (Lipinski definition) is 9. The van der Waals surface area contributed by atoms with Crippen LogP contribution in [0.2, 0.25) is 5.02 Å². The van der Waals surface area contributed by atoms with E-state index in [1.165, 1.54) is 11.4 Å². The molecule has 2 atom stereocenters. The van der Waals surface area contributed by atoms with Crippen LogP contribution in [-0.4, -0.2) is 105 Å². The third-order valence-electron chi connectivity index (χ3n) is 13.1. The summed E-state index contributed by atoms with van der Waals surface area (Å²) in [4.78, 5) is 49.1. The van der Waals surface area contributed by atoms with Gasteiger partial charge in [0.05, 0.1) is 10.6 Å². The van der Waals surface area contributed by atoms with E-state index in [0.717, 1.165) is 114 Å². The second kappa shape index (κ2) is 16.4. The summed E-state index contributed by atoms with van der Waals surface area (Å²) >= 11 is 6.38. The molecule has 5 aliphatic rings. The molecule has 8 rings (SSSR count). The number of rotatable bonds is 8. The van der Waals surface area contributed by atoms with Gasteiger partial charge in [-0.3, -0.25) is 24.6 Å². The summed E-state index contributed by atoms with van der Waals surface area (Å²) in [7, 11) is 0. The van der Waals surface area contributed by atoms with E-state index >= 15 is 0 Å². The highest BCUT2D eigenvalue weighted by atomic mass is 35.5. The summed E-state index contributed by atoms with van der Waals surface area (Å²) in [6.07, 6.45) is 6.37. The third-order valence-corrected chi connectivity index (χ3v) is 13.4. The van der Waals surface area contributed by atoms with Gasteiger partial charge in [-0.05, 0) is 124 Å². The molecule has 3 amide bonds. The predicted octanol–water partition coefficient (Wildman–Crippen LogP) is 5.99. The maximum atomic E-state index is 13.5. The molecule has 0 saturated carbocycles. The lowest BCUT2D eigenvalue weighted by molar-refractivity contribution is -0.133. The number of amides is 3. The summed E-state index contributed by atoms with van der Waals surface area (Å²) in [5.74, 6) is 0.283. The van der Waals surface area contributed by atoms with Gasteiger partial charge in [0, 0.05) is 106 Å². The zero-order valence-corrected chi connectivity index (χ0v) is 33.1. The molecule has 0 aromatic heterocycles. The molecule has 0 radical (unpaired) electrons. The van der Waals surface area contributed by atoms with E-state index in [2.05, 4.69) is 67.5 Å². The fourth-order valence-corrected chi connectivity index (χ4v) is 9.93. The van der Waals surface area contributed by atoms with Crippen LogP contribution in [0, 0.1) is 22.7 Å². The second-order valence-electron chi connectivity index (χ2n) is 16.7. The van der Waals surface area contributed by atoms with Crippen LogP contribution in [0.25, 0.3) is 0 Å². The van der Waals surface area contributed by atoms with Crippen molar-refractivity contribution in [3.8, 4) is 6.07 Å². The molecule has 2 N–H and O–H groups in total. The predicted molar refractivity (Wildman–Crippen MR) is 221 cm³/mol. The Balaban J connectivity index is 0.752. The normalized spacial score (nSPS) is 23.3. The van der Waals surface area contributed by atoms with Crippen LogP contribution in [0.5, 0.6) is 0 Å². The number of nitrogens with zero attached hydrogens (tertiary/aromatic N) is 6. The molecule has 5 aliphatic heterocycles. The molecule has 5 fully saturated rings. The Kier molecular flexibility index (Phi) is 11.1. The number of carbonyl (C=O) groups excluding carboxylic acids is 3. The van der Waals surface area contributed by atoms with E-state index in [0.29, 0.717) is 35.4 Å². The van der Waals surface area contributed by atoms with Crippen molar-refractivity contribution < 1.29 is 14.4 Å². The zero-order valence-electron chi connectivity index (χ0n) is 32.4. The molecule has 0 unspecified atom stereocenters. The summed E-state index contributed by atoms with van der Waals surface area (Å²) < 4.78 is 0. The number of piperidine rings is 3. The van der Waals surface area contributed by atoms with E-state index in [1.54, 1.807) is 0 Å². The van der Waals surface area contributed by atoms with Crippen molar-refractivity contribution in [2.75, 3.05) is 85.5 Å². The molecule has 11 nitrogen and oxygen atoms in total. The van der Waals surface area contributed by atoms with E-state index in [-0.39, 0.29) is 29.2 Å². The van der Waals surface area contributed by atoms with Gasteiger partial charge in [-0.2, -0.15) is 5.26 Å². The molecule has 1 spiro atoms. The van der Waals surface area contributed by atoms with Gasteiger partial charge in [0.2, 0.25) is 11.8 Å². The maximum Gasteiger partial charge on any atom is 0.253 e. The van der Waals surface area contributed by atoms with E-state index < -0.39 is 0 Å². The monoisotopic (exact) mass is 776 g/mol. The van der Waals surface area contributed by atoms with Crippen molar-refractivity contribution in [3.63, 3.8) is 0 Å². The average molecular weight is 777 g/mol. The number of hydrogen-bond donors (Lipinski definition) is 2. The van der Waals surface area contributed by atoms with Gasteiger partial charge in [0.15, 0.2) is 0 Å². The smallest absolute Gasteiger partial charge is 0.253 e. The van der Waals surface area contributed by atoms with Crippen molar-refractivity contribution in [1.82, 2.24) is 15.1 Å². The third kappa shape index (κ3) is 8.33. The van der Waals surface area contributed by atoms with Gasteiger partial charge in [0.1, 0.15) is 12.1 Å². The summed E-state index contributed by atoms with van der Waals surface area (Å²) in [6, 6.07) is 24.6. The largest absolute Gasteiger partial charge is 0.374 e. The summed E-state index contributed by atoms with van der Waals surface area (Å²) in [5, 5.41) is 15.5. The molecule has 5 saturated heterocycles. The molecule has 3 aromatic rings. The molecule has 0 bridgehead atoms. The highest BCUT2D eigenvalue weighted by Crippen LogP contribution is 2.46. The fourth-order valence-electron chi connectivity index (χ4n) is 9.71. The maximum absolute atomic E-state index is 13.5. The quantitative estimate of drug-likeness (QED) is 0.267. The van der Waals surface area contributed by atoms with Crippen LogP contribution in [0.4, 0.5) is 22.7 Å². The van der Waals surface area contributed by atoms with Crippen molar-refractivity contribution in [3.05, 3.63) is 82.9 Å². The van der Waals surface area contributed by atoms with Gasteiger partial charge < -0.3 is 24.9 Å². The minimum atomic E-state index is -0.378. The Labute approximate surface area is 335 Å². The molecule has 3 aromatic carbocycles. The molecular weight excluding hydrogens is 724 g/mol. The molecule has 56 heavy (non-hydrogen) atoms.